The van der Waals surface area contributed by atoms with Gasteiger partial charge < -0.3 is 16.0 Å². The molecule has 0 saturated heterocycles. The highest BCUT2D eigenvalue weighted by Gasteiger charge is 2.04. The fraction of sp³-hybridized carbons (Fsp3) is 0.350. The van der Waals surface area contributed by atoms with E-state index in [9.17, 15) is 4.79 Å². The molecule has 7 heteroatoms. The summed E-state index contributed by atoms with van der Waals surface area (Å²) in [4.78, 5) is 20.8. The fourth-order valence-electron chi connectivity index (χ4n) is 2.32. The zero-order valence-electron chi connectivity index (χ0n) is 16.1. The number of carbonyl (C=O) groups is 1. The third-order valence-electron chi connectivity index (χ3n) is 3.68. The number of hydrogen-bond donors (Lipinski definition) is 3. The summed E-state index contributed by atoms with van der Waals surface area (Å²) in [6.07, 6.45) is 0.338. The number of amides is 1. The lowest BCUT2D eigenvalue weighted by molar-refractivity contribution is -0.116. The van der Waals surface area contributed by atoms with Gasteiger partial charge in [0.05, 0.1) is 6.54 Å². The van der Waals surface area contributed by atoms with Crippen LogP contribution in [0.4, 0.5) is 5.82 Å². The maximum absolute atomic E-state index is 12.0. The molecule has 2 aromatic rings. The second kappa shape index (κ2) is 12.3. The van der Waals surface area contributed by atoms with E-state index in [1.165, 1.54) is 5.56 Å². The monoisotopic (exact) mass is 481 g/mol. The Balaban J connectivity index is 0.00000364. The van der Waals surface area contributed by atoms with Crippen LogP contribution < -0.4 is 16.0 Å². The van der Waals surface area contributed by atoms with Crippen molar-refractivity contribution in [2.45, 2.75) is 33.7 Å². The average Bonchev–Trinajstić information content (AvgIpc) is 2.61. The second-order valence-corrected chi connectivity index (χ2v) is 6.07. The first-order chi connectivity index (χ1) is 12.6. The van der Waals surface area contributed by atoms with E-state index in [2.05, 4.69) is 57.1 Å². The first kappa shape index (κ1) is 22.9. The summed E-state index contributed by atoms with van der Waals surface area (Å²) >= 11 is 0. The van der Waals surface area contributed by atoms with Gasteiger partial charge in [0.15, 0.2) is 5.96 Å². The molecule has 1 heterocycles. The van der Waals surface area contributed by atoms with Gasteiger partial charge >= 0.3 is 0 Å². The number of aromatic nitrogens is 1. The predicted octanol–water partition coefficient (Wildman–Crippen LogP) is 3.40. The highest BCUT2D eigenvalue weighted by molar-refractivity contribution is 14.0. The van der Waals surface area contributed by atoms with E-state index in [0.717, 1.165) is 17.8 Å². The molecule has 2 rings (SSSR count). The van der Waals surface area contributed by atoms with Gasteiger partial charge in [-0.05, 0) is 38.5 Å². The molecular formula is C20H28IN5O. The van der Waals surface area contributed by atoms with Gasteiger partial charge in [0.2, 0.25) is 5.91 Å². The maximum Gasteiger partial charge on any atom is 0.227 e. The van der Waals surface area contributed by atoms with E-state index in [4.69, 9.17) is 0 Å². The summed E-state index contributed by atoms with van der Waals surface area (Å²) in [5.74, 6) is 1.20. The molecule has 0 unspecified atom stereocenters. The summed E-state index contributed by atoms with van der Waals surface area (Å²) in [5, 5.41) is 9.18. The Labute approximate surface area is 178 Å². The highest BCUT2D eigenvalue weighted by Crippen LogP contribution is 2.05. The van der Waals surface area contributed by atoms with Crippen molar-refractivity contribution in [1.29, 1.82) is 0 Å². The van der Waals surface area contributed by atoms with Crippen LogP contribution in [0.1, 0.15) is 30.2 Å². The van der Waals surface area contributed by atoms with Crippen molar-refractivity contribution < 1.29 is 4.79 Å². The topological polar surface area (TPSA) is 78.4 Å². The Morgan fingerprint density at radius 2 is 1.81 bits per heavy atom. The Morgan fingerprint density at radius 1 is 1.07 bits per heavy atom. The molecule has 0 radical (unpaired) electrons. The first-order valence-electron chi connectivity index (χ1n) is 8.88. The van der Waals surface area contributed by atoms with E-state index < -0.39 is 0 Å². The van der Waals surface area contributed by atoms with Crippen LogP contribution in [0.5, 0.6) is 0 Å². The van der Waals surface area contributed by atoms with Crippen LogP contribution in [-0.2, 0) is 11.3 Å². The normalized spacial score (nSPS) is 10.7. The lowest BCUT2D eigenvalue weighted by Gasteiger charge is -2.11. The molecule has 27 heavy (non-hydrogen) atoms. The number of hydrogen-bond acceptors (Lipinski definition) is 3. The fourth-order valence-corrected chi connectivity index (χ4v) is 2.32. The van der Waals surface area contributed by atoms with Crippen molar-refractivity contribution in [3.63, 3.8) is 0 Å². The van der Waals surface area contributed by atoms with E-state index in [1.54, 1.807) is 6.07 Å². The second-order valence-electron chi connectivity index (χ2n) is 6.07. The average molecular weight is 481 g/mol. The van der Waals surface area contributed by atoms with Gasteiger partial charge in [-0.3, -0.25) is 4.79 Å². The SMILES string of the molecule is CCNC(=NCc1ccc(C)cc1)NCCC(=O)Nc1cccc(C)n1.I. The van der Waals surface area contributed by atoms with Gasteiger partial charge in [-0.1, -0.05) is 35.9 Å². The molecule has 1 amide bonds. The zero-order chi connectivity index (χ0) is 18.8. The van der Waals surface area contributed by atoms with Crippen molar-refractivity contribution in [3.8, 4) is 0 Å². The van der Waals surface area contributed by atoms with Crippen LogP contribution in [0.15, 0.2) is 47.5 Å². The minimum absolute atomic E-state index is 0. The third kappa shape index (κ3) is 8.85. The molecule has 0 aliphatic rings. The van der Waals surface area contributed by atoms with Crippen molar-refractivity contribution in [3.05, 3.63) is 59.3 Å². The molecule has 6 nitrogen and oxygen atoms in total. The van der Waals surface area contributed by atoms with Gasteiger partial charge in [-0.25, -0.2) is 9.98 Å². The first-order valence-corrected chi connectivity index (χ1v) is 8.88. The van der Waals surface area contributed by atoms with Crippen LogP contribution in [-0.4, -0.2) is 29.9 Å². The minimum atomic E-state index is -0.0787. The number of carbonyl (C=O) groups excluding carboxylic acids is 1. The van der Waals surface area contributed by atoms with Crippen molar-refractivity contribution >= 4 is 41.7 Å². The number of aliphatic imine (C=N–C) groups is 1. The molecule has 0 atom stereocenters. The molecule has 1 aromatic heterocycles. The molecule has 1 aromatic carbocycles. The van der Waals surface area contributed by atoms with Crippen molar-refractivity contribution in [2.24, 2.45) is 4.99 Å². The van der Waals surface area contributed by atoms with Gasteiger partial charge in [-0.2, -0.15) is 0 Å². The number of anilines is 1. The van der Waals surface area contributed by atoms with E-state index in [1.807, 2.05) is 26.0 Å². The maximum atomic E-state index is 12.0. The summed E-state index contributed by atoms with van der Waals surface area (Å²) in [7, 11) is 0. The Bertz CT molecular complexity index is 746. The van der Waals surface area contributed by atoms with Gasteiger partial charge in [0.25, 0.3) is 0 Å². The van der Waals surface area contributed by atoms with Crippen molar-refractivity contribution in [2.75, 3.05) is 18.4 Å². The number of benzene rings is 1. The number of aryl methyl sites for hydroxylation is 2. The molecule has 3 N–H and O–H groups in total. The predicted molar refractivity (Wildman–Crippen MR) is 122 cm³/mol. The summed E-state index contributed by atoms with van der Waals surface area (Å²) in [5.41, 5.74) is 3.26. The molecular weight excluding hydrogens is 453 g/mol. The quantitative estimate of drug-likeness (QED) is 0.322. The molecule has 0 saturated carbocycles. The number of rotatable bonds is 7. The summed E-state index contributed by atoms with van der Waals surface area (Å²) in [6.45, 7) is 7.82. The lowest BCUT2D eigenvalue weighted by Crippen LogP contribution is -2.38. The van der Waals surface area contributed by atoms with E-state index >= 15 is 0 Å². The Morgan fingerprint density at radius 3 is 2.48 bits per heavy atom. The van der Waals surface area contributed by atoms with Crippen LogP contribution in [0.3, 0.4) is 0 Å². The van der Waals surface area contributed by atoms with Gasteiger partial charge in [0, 0.05) is 25.2 Å². The summed E-state index contributed by atoms with van der Waals surface area (Å²) < 4.78 is 0. The van der Waals surface area contributed by atoms with Crippen LogP contribution in [0, 0.1) is 13.8 Å². The molecule has 0 spiro atoms. The number of guanidine groups is 1. The smallest absolute Gasteiger partial charge is 0.227 e. The number of nitrogens with one attached hydrogen (secondary N) is 3. The minimum Gasteiger partial charge on any atom is -0.357 e. The molecule has 0 bridgehead atoms. The van der Waals surface area contributed by atoms with Crippen molar-refractivity contribution in [1.82, 2.24) is 15.6 Å². The van der Waals surface area contributed by atoms with E-state index in [0.29, 0.717) is 31.3 Å². The molecule has 146 valence electrons. The largest absolute Gasteiger partial charge is 0.357 e. The lowest BCUT2D eigenvalue weighted by atomic mass is 10.1. The van der Waals surface area contributed by atoms with Crippen LogP contribution in [0.25, 0.3) is 0 Å². The molecule has 0 aliphatic heterocycles. The summed E-state index contributed by atoms with van der Waals surface area (Å²) in [6, 6.07) is 13.9. The Kier molecular flexibility index (Phi) is 10.4. The molecule has 0 fully saturated rings. The highest BCUT2D eigenvalue weighted by atomic mass is 127. The molecule has 0 aliphatic carbocycles. The van der Waals surface area contributed by atoms with E-state index in [-0.39, 0.29) is 29.9 Å². The third-order valence-corrected chi connectivity index (χ3v) is 3.68. The number of halogens is 1. The van der Waals surface area contributed by atoms with Crippen LogP contribution >= 0.6 is 24.0 Å². The Hall–Kier alpha value is -2.16. The number of pyridine rings is 1. The van der Waals surface area contributed by atoms with Gasteiger partial charge in [0.1, 0.15) is 5.82 Å². The van der Waals surface area contributed by atoms with Crippen LogP contribution in [0.2, 0.25) is 0 Å². The van der Waals surface area contributed by atoms with Gasteiger partial charge in [-0.15, -0.1) is 24.0 Å². The number of nitrogens with zero attached hydrogens (tertiary/aromatic N) is 2. The zero-order valence-corrected chi connectivity index (χ0v) is 18.4. The standard InChI is InChI=1S/C20H27N5O.HI/c1-4-21-20(23-14-17-10-8-15(2)9-11-17)22-13-12-19(26)25-18-7-5-6-16(3)24-18;/h5-11H,4,12-14H2,1-3H3,(H2,21,22,23)(H,24,25,26);1H.